The molecule has 0 unspecified atom stereocenters. The molecule has 0 aliphatic heterocycles. The Kier molecular flexibility index (Phi) is 6.30. The number of aromatic amines is 1. The number of H-pyrrole nitrogens is 1. The summed E-state index contributed by atoms with van der Waals surface area (Å²) in [5.74, 6) is 1.09. The molecule has 0 amide bonds. The maximum Gasteiger partial charge on any atom is 0.181 e. The fourth-order valence-corrected chi connectivity index (χ4v) is 3.81. The molecule has 160 valence electrons. The molecule has 2 aromatic heterocycles. The van der Waals surface area contributed by atoms with E-state index in [0.717, 1.165) is 45.5 Å². The second kappa shape index (κ2) is 9.29. The minimum Gasteiger partial charge on any atom is -0.496 e. The number of aliphatic hydroxyl groups excluding tert-OH is 1. The number of aliphatic hydroxyl groups is 1. The lowest BCUT2D eigenvalue weighted by atomic mass is 9.96. The van der Waals surface area contributed by atoms with Gasteiger partial charge in [-0.25, -0.2) is 4.98 Å². The Morgan fingerprint density at radius 1 is 1.03 bits per heavy atom. The van der Waals surface area contributed by atoms with Crippen molar-refractivity contribution in [1.82, 2.24) is 15.2 Å². The molecule has 0 aliphatic carbocycles. The Balaban J connectivity index is 1.71. The Morgan fingerprint density at radius 2 is 1.87 bits per heavy atom. The quantitative estimate of drug-likeness (QED) is 0.401. The molecule has 6 nitrogen and oxygen atoms in total. The topological polar surface area (TPSA) is 80.3 Å². The van der Waals surface area contributed by atoms with Gasteiger partial charge in [0.1, 0.15) is 12.5 Å². The van der Waals surface area contributed by atoms with Gasteiger partial charge in [-0.2, -0.15) is 5.10 Å². The fraction of sp³-hybridized carbons (Fsp3) is 0.280. The number of methoxy groups -OCH3 is 1. The molecule has 31 heavy (non-hydrogen) atoms. The number of hydrogen-bond acceptors (Lipinski definition) is 5. The van der Waals surface area contributed by atoms with E-state index in [-0.39, 0.29) is 12.9 Å². The third-order valence-electron chi connectivity index (χ3n) is 5.52. The number of nitrogens with one attached hydrogen (secondary N) is 1. The fourth-order valence-electron chi connectivity index (χ4n) is 3.81. The van der Waals surface area contributed by atoms with Gasteiger partial charge in [-0.05, 0) is 41.7 Å². The highest BCUT2D eigenvalue weighted by Gasteiger charge is 2.16. The van der Waals surface area contributed by atoms with Crippen LogP contribution in [0.2, 0.25) is 0 Å². The van der Waals surface area contributed by atoms with E-state index in [0.29, 0.717) is 11.6 Å². The summed E-state index contributed by atoms with van der Waals surface area (Å²) < 4.78 is 11.0. The summed E-state index contributed by atoms with van der Waals surface area (Å²) >= 11 is 0. The molecule has 2 heterocycles. The zero-order chi connectivity index (χ0) is 21.8. The Bertz CT molecular complexity index is 1170. The lowest BCUT2D eigenvalue weighted by Gasteiger charge is -2.20. The molecule has 4 aromatic rings. The number of rotatable bonds is 8. The number of nitrogens with zero attached hydrogens (tertiary/aromatic N) is 2. The first-order valence-corrected chi connectivity index (χ1v) is 10.4. The summed E-state index contributed by atoms with van der Waals surface area (Å²) in [5.41, 5.74) is 5.73. The van der Waals surface area contributed by atoms with Crippen LogP contribution < -0.4 is 4.74 Å². The molecule has 0 bridgehead atoms. The van der Waals surface area contributed by atoms with E-state index >= 15 is 0 Å². The Hall–Kier alpha value is -3.22. The van der Waals surface area contributed by atoms with Gasteiger partial charge in [-0.1, -0.05) is 50.2 Å². The molecule has 0 saturated heterocycles. The highest BCUT2D eigenvalue weighted by molar-refractivity contribution is 5.94. The normalized spacial score (nSPS) is 12.4. The van der Waals surface area contributed by atoms with Crippen molar-refractivity contribution in [3.63, 3.8) is 0 Å². The van der Waals surface area contributed by atoms with Gasteiger partial charge in [0, 0.05) is 22.7 Å². The van der Waals surface area contributed by atoms with E-state index in [1.54, 1.807) is 7.11 Å². The van der Waals surface area contributed by atoms with Crippen molar-refractivity contribution < 1.29 is 14.6 Å². The van der Waals surface area contributed by atoms with E-state index in [9.17, 15) is 5.11 Å². The first-order valence-electron chi connectivity index (χ1n) is 10.4. The van der Waals surface area contributed by atoms with Crippen LogP contribution >= 0.6 is 0 Å². The lowest BCUT2D eigenvalue weighted by molar-refractivity contribution is -0.0669. The lowest BCUT2D eigenvalue weighted by Crippen LogP contribution is -2.23. The summed E-state index contributed by atoms with van der Waals surface area (Å²) in [6, 6.07) is 18.3. The molecule has 0 radical (unpaired) electrons. The molecule has 0 saturated carbocycles. The van der Waals surface area contributed by atoms with Gasteiger partial charge in [-0.15, -0.1) is 0 Å². The SMILES string of the molecule is COc1ccccc1-c1[nH]nc2ncc(-c3cccc(C[C@H](OCO)C(C)C)c3)cc12. The van der Waals surface area contributed by atoms with E-state index in [1.807, 2.05) is 36.5 Å². The van der Waals surface area contributed by atoms with Crippen LogP contribution in [0.15, 0.2) is 60.8 Å². The molecule has 0 spiro atoms. The molecule has 2 aromatic carbocycles. The van der Waals surface area contributed by atoms with Crippen LogP contribution in [-0.4, -0.2) is 40.3 Å². The van der Waals surface area contributed by atoms with E-state index in [2.05, 4.69) is 53.3 Å². The molecule has 2 N–H and O–H groups in total. The van der Waals surface area contributed by atoms with Crippen molar-refractivity contribution in [3.8, 4) is 28.1 Å². The summed E-state index contributed by atoms with van der Waals surface area (Å²) in [6.45, 7) is 3.93. The average molecular weight is 418 g/mol. The summed E-state index contributed by atoms with van der Waals surface area (Å²) in [6.07, 6.45) is 2.55. The molecule has 0 fully saturated rings. The molecular weight excluding hydrogens is 390 g/mol. The summed E-state index contributed by atoms with van der Waals surface area (Å²) in [5, 5.41) is 17.6. The molecule has 4 rings (SSSR count). The highest BCUT2D eigenvalue weighted by Crippen LogP contribution is 2.34. The third-order valence-corrected chi connectivity index (χ3v) is 5.52. The van der Waals surface area contributed by atoms with Gasteiger partial charge < -0.3 is 14.6 Å². The third kappa shape index (κ3) is 4.45. The predicted molar refractivity (Wildman–Crippen MR) is 122 cm³/mol. The maximum absolute atomic E-state index is 9.19. The van der Waals surface area contributed by atoms with Crippen molar-refractivity contribution in [2.45, 2.75) is 26.4 Å². The molecular formula is C25H27N3O3. The molecule has 1 atom stereocenters. The number of ether oxygens (including phenoxy) is 2. The second-order valence-corrected chi connectivity index (χ2v) is 7.88. The van der Waals surface area contributed by atoms with Crippen molar-refractivity contribution in [3.05, 3.63) is 66.4 Å². The van der Waals surface area contributed by atoms with Gasteiger partial charge in [-0.3, -0.25) is 5.10 Å². The van der Waals surface area contributed by atoms with Gasteiger partial charge >= 0.3 is 0 Å². The van der Waals surface area contributed by atoms with Crippen LogP contribution in [0.1, 0.15) is 19.4 Å². The van der Waals surface area contributed by atoms with E-state index in [4.69, 9.17) is 9.47 Å². The number of para-hydroxylation sites is 1. The number of pyridine rings is 1. The van der Waals surface area contributed by atoms with Crippen LogP contribution in [-0.2, 0) is 11.2 Å². The summed E-state index contributed by atoms with van der Waals surface area (Å²) in [7, 11) is 1.66. The summed E-state index contributed by atoms with van der Waals surface area (Å²) in [4.78, 5) is 4.57. The van der Waals surface area contributed by atoms with Crippen LogP contribution in [0.3, 0.4) is 0 Å². The highest BCUT2D eigenvalue weighted by atomic mass is 16.6. The van der Waals surface area contributed by atoms with Crippen molar-refractivity contribution >= 4 is 11.0 Å². The standard InChI is InChI=1S/C25H27N3O3/c1-16(2)23(31-15-29)12-17-7-6-8-18(11-17)19-13-21-24(27-28-25(21)26-14-19)20-9-4-5-10-22(20)30-3/h4-11,13-14,16,23,29H,12,15H2,1-3H3,(H,26,27,28)/t23-/m0/s1. The largest absolute Gasteiger partial charge is 0.496 e. The second-order valence-electron chi connectivity index (χ2n) is 7.88. The minimum atomic E-state index is -0.269. The number of fused-ring (bicyclic) bond motifs is 1. The van der Waals surface area contributed by atoms with Gasteiger partial charge in [0.15, 0.2) is 5.65 Å². The van der Waals surface area contributed by atoms with Crippen molar-refractivity contribution in [2.24, 2.45) is 5.92 Å². The van der Waals surface area contributed by atoms with Crippen LogP contribution in [0.5, 0.6) is 5.75 Å². The van der Waals surface area contributed by atoms with Crippen LogP contribution in [0, 0.1) is 5.92 Å². The number of aromatic nitrogens is 3. The minimum absolute atomic E-state index is 0.0353. The van der Waals surface area contributed by atoms with Gasteiger partial charge in [0.25, 0.3) is 0 Å². The predicted octanol–water partition coefficient (Wildman–Crippen LogP) is 4.83. The number of benzene rings is 2. The molecule has 0 aliphatic rings. The van der Waals surface area contributed by atoms with Crippen LogP contribution in [0.25, 0.3) is 33.4 Å². The van der Waals surface area contributed by atoms with Crippen molar-refractivity contribution in [2.75, 3.05) is 13.9 Å². The van der Waals surface area contributed by atoms with E-state index < -0.39 is 0 Å². The Morgan fingerprint density at radius 3 is 2.65 bits per heavy atom. The molecule has 6 heteroatoms. The first-order chi connectivity index (χ1) is 15.1. The zero-order valence-electron chi connectivity index (χ0n) is 18.0. The maximum atomic E-state index is 9.19. The van der Waals surface area contributed by atoms with Crippen LogP contribution in [0.4, 0.5) is 0 Å². The van der Waals surface area contributed by atoms with Gasteiger partial charge in [0.05, 0.1) is 18.9 Å². The van der Waals surface area contributed by atoms with E-state index in [1.165, 1.54) is 0 Å². The monoisotopic (exact) mass is 417 g/mol. The number of hydrogen-bond donors (Lipinski definition) is 2. The smallest absolute Gasteiger partial charge is 0.181 e. The first kappa shape index (κ1) is 21.0. The Labute approximate surface area is 181 Å². The average Bonchev–Trinajstić information content (AvgIpc) is 3.22. The van der Waals surface area contributed by atoms with Crippen molar-refractivity contribution in [1.29, 1.82) is 0 Å². The van der Waals surface area contributed by atoms with Gasteiger partial charge in [0.2, 0.25) is 0 Å². The zero-order valence-corrected chi connectivity index (χ0v) is 18.0.